The van der Waals surface area contributed by atoms with Gasteiger partial charge in [-0.05, 0) is 46.0 Å². The second kappa shape index (κ2) is 5.31. The fraction of sp³-hybridized carbons (Fsp3) is 0.929. The summed E-state index contributed by atoms with van der Waals surface area (Å²) in [6, 6.07) is 0. The molecule has 0 spiro atoms. The summed E-state index contributed by atoms with van der Waals surface area (Å²) in [6.07, 6.45) is 3.97. The molecule has 0 unspecified atom stereocenters. The SMILES string of the molecule is CC(C)CCC(=O)C1CC(OC(C)(C)C)C1. The van der Waals surface area contributed by atoms with Crippen LogP contribution in [0.4, 0.5) is 0 Å². The van der Waals surface area contributed by atoms with Crippen LogP contribution in [0.1, 0.15) is 60.3 Å². The second-order valence-corrected chi connectivity index (χ2v) is 6.42. The van der Waals surface area contributed by atoms with Crippen molar-refractivity contribution in [2.75, 3.05) is 0 Å². The fourth-order valence-electron chi connectivity index (χ4n) is 2.06. The number of ketones is 1. The van der Waals surface area contributed by atoms with Crippen LogP contribution in [0.15, 0.2) is 0 Å². The van der Waals surface area contributed by atoms with E-state index in [1.165, 1.54) is 0 Å². The van der Waals surface area contributed by atoms with Gasteiger partial charge in [0.05, 0.1) is 11.7 Å². The number of hydrogen-bond donors (Lipinski definition) is 0. The Labute approximate surface area is 99.8 Å². The molecule has 0 amide bonds. The van der Waals surface area contributed by atoms with E-state index >= 15 is 0 Å². The summed E-state index contributed by atoms with van der Waals surface area (Å²) in [4.78, 5) is 11.8. The number of carbonyl (C=O) groups is 1. The largest absolute Gasteiger partial charge is 0.373 e. The molecule has 1 aliphatic carbocycles. The van der Waals surface area contributed by atoms with Crippen LogP contribution in [0, 0.1) is 11.8 Å². The van der Waals surface area contributed by atoms with Gasteiger partial charge in [-0.2, -0.15) is 0 Å². The summed E-state index contributed by atoms with van der Waals surface area (Å²) in [5, 5.41) is 0. The third kappa shape index (κ3) is 4.65. The van der Waals surface area contributed by atoms with Gasteiger partial charge >= 0.3 is 0 Å². The van der Waals surface area contributed by atoms with E-state index in [9.17, 15) is 4.79 Å². The minimum absolute atomic E-state index is 0.0728. The van der Waals surface area contributed by atoms with Gasteiger partial charge < -0.3 is 4.74 Å². The van der Waals surface area contributed by atoms with Crippen LogP contribution in [-0.2, 0) is 9.53 Å². The molecule has 1 rings (SSSR count). The van der Waals surface area contributed by atoms with E-state index in [0.29, 0.717) is 17.8 Å². The van der Waals surface area contributed by atoms with E-state index in [1.54, 1.807) is 0 Å². The zero-order chi connectivity index (χ0) is 12.3. The first kappa shape index (κ1) is 13.7. The van der Waals surface area contributed by atoms with Crippen molar-refractivity contribution < 1.29 is 9.53 Å². The van der Waals surface area contributed by atoms with E-state index in [1.807, 2.05) is 0 Å². The predicted octanol–water partition coefficient (Wildman–Crippen LogP) is 3.59. The first-order valence-electron chi connectivity index (χ1n) is 6.48. The zero-order valence-corrected chi connectivity index (χ0v) is 11.4. The van der Waals surface area contributed by atoms with Gasteiger partial charge in [-0.1, -0.05) is 13.8 Å². The first-order valence-corrected chi connectivity index (χ1v) is 6.48. The lowest BCUT2D eigenvalue weighted by molar-refractivity contribution is -0.142. The number of rotatable bonds is 5. The lowest BCUT2D eigenvalue weighted by Gasteiger charge is -2.38. The predicted molar refractivity (Wildman–Crippen MR) is 66.4 cm³/mol. The third-order valence-electron chi connectivity index (χ3n) is 3.04. The van der Waals surface area contributed by atoms with Crippen molar-refractivity contribution in [1.29, 1.82) is 0 Å². The Bertz CT molecular complexity index is 232. The van der Waals surface area contributed by atoms with E-state index in [-0.39, 0.29) is 11.5 Å². The molecule has 0 saturated heterocycles. The Kier molecular flexibility index (Phi) is 4.54. The summed E-state index contributed by atoms with van der Waals surface area (Å²) < 4.78 is 5.83. The van der Waals surface area contributed by atoms with Gasteiger partial charge in [0.15, 0.2) is 0 Å². The molecule has 1 aliphatic rings. The van der Waals surface area contributed by atoms with Crippen molar-refractivity contribution in [3.63, 3.8) is 0 Å². The smallest absolute Gasteiger partial charge is 0.136 e. The minimum Gasteiger partial charge on any atom is -0.373 e. The van der Waals surface area contributed by atoms with Crippen molar-refractivity contribution in [2.24, 2.45) is 11.8 Å². The molecule has 0 atom stereocenters. The van der Waals surface area contributed by atoms with Gasteiger partial charge in [-0.25, -0.2) is 0 Å². The molecule has 2 nitrogen and oxygen atoms in total. The molecule has 0 aliphatic heterocycles. The molecular weight excluding hydrogens is 200 g/mol. The lowest BCUT2D eigenvalue weighted by atomic mass is 9.77. The van der Waals surface area contributed by atoms with Crippen molar-refractivity contribution in [3.05, 3.63) is 0 Å². The molecular formula is C14H26O2. The summed E-state index contributed by atoms with van der Waals surface area (Å²) in [7, 11) is 0. The normalized spacial score (nSPS) is 25.6. The average molecular weight is 226 g/mol. The van der Waals surface area contributed by atoms with Crippen molar-refractivity contribution in [1.82, 2.24) is 0 Å². The summed E-state index contributed by atoms with van der Waals surface area (Å²) >= 11 is 0. The molecule has 0 N–H and O–H groups in total. The molecule has 0 aromatic heterocycles. The van der Waals surface area contributed by atoms with Crippen molar-refractivity contribution >= 4 is 5.78 Å². The molecule has 0 radical (unpaired) electrons. The number of carbonyl (C=O) groups excluding carboxylic acids is 1. The zero-order valence-electron chi connectivity index (χ0n) is 11.4. The lowest BCUT2D eigenvalue weighted by Crippen LogP contribution is -2.40. The van der Waals surface area contributed by atoms with E-state index < -0.39 is 0 Å². The minimum atomic E-state index is -0.0728. The van der Waals surface area contributed by atoms with Crippen LogP contribution >= 0.6 is 0 Å². The number of ether oxygens (including phenoxy) is 1. The highest BCUT2D eigenvalue weighted by Crippen LogP contribution is 2.34. The van der Waals surface area contributed by atoms with E-state index in [0.717, 1.165) is 25.7 Å². The Hall–Kier alpha value is -0.370. The van der Waals surface area contributed by atoms with Crippen LogP contribution < -0.4 is 0 Å². The molecule has 0 bridgehead atoms. The van der Waals surface area contributed by atoms with Gasteiger partial charge in [0.2, 0.25) is 0 Å². The van der Waals surface area contributed by atoms with Crippen molar-refractivity contribution in [2.45, 2.75) is 72.0 Å². The van der Waals surface area contributed by atoms with Gasteiger partial charge in [0.25, 0.3) is 0 Å². The standard InChI is InChI=1S/C14H26O2/c1-10(2)6-7-13(15)11-8-12(9-11)16-14(3,4)5/h10-12H,6-9H2,1-5H3. The molecule has 1 saturated carbocycles. The van der Waals surface area contributed by atoms with Crippen LogP contribution in [-0.4, -0.2) is 17.5 Å². The van der Waals surface area contributed by atoms with E-state index in [4.69, 9.17) is 4.74 Å². The van der Waals surface area contributed by atoms with Crippen LogP contribution in [0.25, 0.3) is 0 Å². The maximum Gasteiger partial charge on any atom is 0.136 e. The number of hydrogen-bond acceptors (Lipinski definition) is 2. The van der Waals surface area contributed by atoms with E-state index in [2.05, 4.69) is 34.6 Å². The molecule has 0 heterocycles. The first-order chi connectivity index (χ1) is 7.28. The number of Topliss-reactive ketones (excluding diaryl/α,β-unsaturated/α-hetero) is 1. The summed E-state index contributed by atoms with van der Waals surface area (Å²) in [6.45, 7) is 10.5. The molecule has 1 fully saturated rings. The Morgan fingerprint density at radius 1 is 1.31 bits per heavy atom. The Morgan fingerprint density at radius 2 is 1.88 bits per heavy atom. The second-order valence-electron chi connectivity index (χ2n) is 6.42. The van der Waals surface area contributed by atoms with Gasteiger partial charge in [0.1, 0.15) is 5.78 Å². The maximum atomic E-state index is 11.8. The van der Waals surface area contributed by atoms with Crippen molar-refractivity contribution in [3.8, 4) is 0 Å². The Morgan fingerprint density at radius 3 is 2.31 bits per heavy atom. The van der Waals surface area contributed by atoms with Crippen LogP contribution in [0.5, 0.6) is 0 Å². The van der Waals surface area contributed by atoms with Gasteiger partial charge in [-0.15, -0.1) is 0 Å². The molecule has 16 heavy (non-hydrogen) atoms. The highest BCUT2D eigenvalue weighted by molar-refractivity contribution is 5.81. The quantitative estimate of drug-likeness (QED) is 0.716. The van der Waals surface area contributed by atoms with Gasteiger partial charge in [-0.3, -0.25) is 4.79 Å². The summed E-state index contributed by atoms with van der Waals surface area (Å²) in [5.41, 5.74) is -0.0728. The highest BCUT2D eigenvalue weighted by Gasteiger charge is 2.36. The van der Waals surface area contributed by atoms with Gasteiger partial charge in [0, 0.05) is 12.3 Å². The Balaban J connectivity index is 2.18. The molecule has 0 aromatic rings. The summed E-state index contributed by atoms with van der Waals surface area (Å²) in [5.74, 6) is 1.36. The average Bonchev–Trinajstić information content (AvgIpc) is 2.05. The molecule has 94 valence electrons. The highest BCUT2D eigenvalue weighted by atomic mass is 16.5. The molecule has 0 aromatic carbocycles. The van der Waals surface area contributed by atoms with Crippen LogP contribution in [0.3, 0.4) is 0 Å². The third-order valence-corrected chi connectivity index (χ3v) is 3.04. The van der Waals surface area contributed by atoms with Crippen LogP contribution in [0.2, 0.25) is 0 Å². The topological polar surface area (TPSA) is 26.3 Å². The monoisotopic (exact) mass is 226 g/mol. The molecule has 2 heteroatoms. The fourth-order valence-corrected chi connectivity index (χ4v) is 2.06. The maximum absolute atomic E-state index is 11.8.